The Morgan fingerprint density at radius 3 is 2.28 bits per heavy atom. The third-order valence-electron chi connectivity index (χ3n) is 4.19. The van der Waals surface area contributed by atoms with Gasteiger partial charge >= 0.3 is 0 Å². The first-order valence-corrected chi connectivity index (χ1v) is 7.99. The van der Waals surface area contributed by atoms with Gasteiger partial charge < -0.3 is 0 Å². The number of carbonyl (C=O) groups is 1. The quantitative estimate of drug-likeness (QED) is 0.599. The molecular formula is C22H14FNO. The van der Waals surface area contributed by atoms with E-state index >= 15 is 0 Å². The van der Waals surface area contributed by atoms with Crippen molar-refractivity contribution in [1.82, 2.24) is 0 Å². The monoisotopic (exact) mass is 327 g/mol. The zero-order valence-electron chi connectivity index (χ0n) is 13.3. The SMILES string of the molecule is O=C1c2ccccc2[C@H](C#Cc2ccc(F)cc2)N1c1ccccc1. The van der Waals surface area contributed by atoms with Gasteiger partial charge in [0.1, 0.15) is 11.9 Å². The second kappa shape index (κ2) is 6.26. The van der Waals surface area contributed by atoms with Crippen LogP contribution < -0.4 is 4.90 Å². The van der Waals surface area contributed by atoms with Crippen LogP contribution in [0.3, 0.4) is 0 Å². The van der Waals surface area contributed by atoms with Gasteiger partial charge in [-0.3, -0.25) is 9.69 Å². The van der Waals surface area contributed by atoms with Crippen molar-refractivity contribution in [3.63, 3.8) is 0 Å². The molecule has 3 heteroatoms. The van der Waals surface area contributed by atoms with E-state index in [1.807, 2.05) is 54.6 Å². The third kappa shape index (κ3) is 2.79. The Bertz CT molecular complexity index is 984. The number of rotatable bonds is 1. The van der Waals surface area contributed by atoms with E-state index in [4.69, 9.17) is 0 Å². The molecule has 0 bridgehead atoms. The highest BCUT2D eigenvalue weighted by atomic mass is 19.1. The average Bonchev–Trinajstić information content (AvgIpc) is 2.94. The van der Waals surface area contributed by atoms with Crippen LogP contribution in [-0.2, 0) is 0 Å². The van der Waals surface area contributed by atoms with Gasteiger partial charge in [-0.05, 0) is 48.0 Å². The van der Waals surface area contributed by atoms with Gasteiger partial charge in [-0.15, -0.1) is 0 Å². The summed E-state index contributed by atoms with van der Waals surface area (Å²) in [7, 11) is 0. The summed E-state index contributed by atoms with van der Waals surface area (Å²) in [6.45, 7) is 0. The van der Waals surface area contributed by atoms with Crippen molar-refractivity contribution in [2.24, 2.45) is 0 Å². The second-order valence-electron chi connectivity index (χ2n) is 5.78. The molecule has 25 heavy (non-hydrogen) atoms. The molecule has 0 fully saturated rings. The lowest BCUT2D eigenvalue weighted by atomic mass is 10.0. The van der Waals surface area contributed by atoms with Crippen molar-refractivity contribution in [1.29, 1.82) is 0 Å². The molecule has 2 nitrogen and oxygen atoms in total. The molecule has 0 aromatic heterocycles. The van der Waals surface area contributed by atoms with Crippen LogP contribution in [0.25, 0.3) is 0 Å². The molecule has 0 saturated heterocycles. The molecule has 3 aromatic rings. The summed E-state index contributed by atoms with van der Waals surface area (Å²) >= 11 is 0. The molecule has 3 aromatic carbocycles. The number of para-hydroxylation sites is 1. The van der Waals surface area contributed by atoms with Gasteiger partial charge in [0.25, 0.3) is 5.91 Å². The first-order chi connectivity index (χ1) is 12.2. The third-order valence-corrected chi connectivity index (χ3v) is 4.19. The Hall–Kier alpha value is -3.38. The van der Waals surface area contributed by atoms with Gasteiger partial charge in [-0.2, -0.15) is 0 Å². The maximum Gasteiger partial charge on any atom is 0.260 e. The van der Waals surface area contributed by atoms with Crippen LogP contribution in [0.4, 0.5) is 10.1 Å². The lowest BCUT2D eigenvalue weighted by molar-refractivity contribution is 0.0994. The van der Waals surface area contributed by atoms with Gasteiger partial charge in [0.15, 0.2) is 0 Å². The van der Waals surface area contributed by atoms with E-state index in [1.165, 1.54) is 12.1 Å². The van der Waals surface area contributed by atoms with Gasteiger partial charge in [-0.1, -0.05) is 48.2 Å². The molecule has 0 spiro atoms. The predicted octanol–water partition coefficient (Wildman–Crippen LogP) is 4.58. The largest absolute Gasteiger partial charge is 0.290 e. The molecule has 4 rings (SSSR count). The fourth-order valence-electron chi connectivity index (χ4n) is 3.00. The zero-order chi connectivity index (χ0) is 17.2. The molecule has 0 N–H and O–H groups in total. The van der Waals surface area contributed by atoms with Crippen molar-refractivity contribution >= 4 is 11.6 Å². The molecule has 0 unspecified atom stereocenters. The van der Waals surface area contributed by atoms with Crippen LogP contribution in [0, 0.1) is 17.7 Å². The second-order valence-corrected chi connectivity index (χ2v) is 5.78. The summed E-state index contributed by atoms with van der Waals surface area (Å²) in [6.07, 6.45) is 0. The highest BCUT2D eigenvalue weighted by molar-refractivity contribution is 6.11. The van der Waals surface area contributed by atoms with Crippen LogP contribution in [0.2, 0.25) is 0 Å². The van der Waals surface area contributed by atoms with Crippen molar-refractivity contribution in [2.75, 3.05) is 4.90 Å². The van der Waals surface area contributed by atoms with Crippen molar-refractivity contribution in [3.05, 3.63) is 101 Å². The van der Waals surface area contributed by atoms with E-state index in [0.29, 0.717) is 11.1 Å². The normalized spacial score (nSPS) is 15.5. The predicted molar refractivity (Wildman–Crippen MR) is 95.7 cm³/mol. The number of nitrogens with zero attached hydrogens (tertiary/aromatic N) is 1. The Morgan fingerprint density at radius 1 is 0.840 bits per heavy atom. The molecular weight excluding hydrogens is 313 g/mol. The van der Waals surface area contributed by atoms with Gasteiger partial charge in [0.2, 0.25) is 0 Å². The number of hydrogen-bond donors (Lipinski definition) is 0. The van der Waals surface area contributed by atoms with Crippen LogP contribution in [0.1, 0.15) is 27.5 Å². The van der Waals surface area contributed by atoms with Crippen molar-refractivity contribution < 1.29 is 9.18 Å². The van der Waals surface area contributed by atoms with Gasteiger partial charge in [0, 0.05) is 16.8 Å². The van der Waals surface area contributed by atoms with Crippen LogP contribution in [0.5, 0.6) is 0 Å². The zero-order valence-corrected chi connectivity index (χ0v) is 13.3. The molecule has 0 radical (unpaired) electrons. The van der Waals surface area contributed by atoms with Crippen molar-refractivity contribution in [2.45, 2.75) is 6.04 Å². The van der Waals surface area contributed by atoms with Crippen LogP contribution in [-0.4, -0.2) is 5.91 Å². The average molecular weight is 327 g/mol. The van der Waals surface area contributed by atoms with Gasteiger partial charge in [-0.25, -0.2) is 4.39 Å². The fourth-order valence-corrected chi connectivity index (χ4v) is 3.00. The summed E-state index contributed by atoms with van der Waals surface area (Å²) in [5.74, 6) is 5.90. The number of fused-ring (bicyclic) bond motifs is 1. The molecule has 1 aliphatic heterocycles. The minimum Gasteiger partial charge on any atom is -0.290 e. The Labute approximate surface area is 145 Å². The summed E-state index contributed by atoms with van der Waals surface area (Å²) in [5, 5.41) is 0. The highest BCUT2D eigenvalue weighted by Gasteiger charge is 2.36. The maximum atomic E-state index is 13.1. The first-order valence-electron chi connectivity index (χ1n) is 7.99. The maximum absolute atomic E-state index is 13.1. The lowest BCUT2D eigenvalue weighted by Gasteiger charge is -2.21. The number of hydrogen-bond acceptors (Lipinski definition) is 1. The van der Waals surface area contributed by atoms with Crippen molar-refractivity contribution in [3.8, 4) is 11.8 Å². The number of benzene rings is 3. The fraction of sp³-hybridized carbons (Fsp3) is 0.0455. The molecule has 1 heterocycles. The molecule has 1 aliphatic rings. The number of anilines is 1. The topological polar surface area (TPSA) is 20.3 Å². The first kappa shape index (κ1) is 15.2. The Balaban J connectivity index is 1.79. The number of carbonyl (C=O) groups excluding carboxylic acids is 1. The van der Waals surface area contributed by atoms with E-state index in [0.717, 1.165) is 11.3 Å². The van der Waals surface area contributed by atoms with E-state index < -0.39 is 0 Å². The smallest absolute Gasteiger partial charge is 0.260 e. The molecule has 120 valence electrons. The lowest BCUT2D eigenvalue weighted by Crippen LogP contribution is -2.26. The summed E-state index contributed by atoms with van der Waals surface area (Å²) in [5.41, 5.74) is 3.09. The Kier molecular flexibility index (Phi) is 3.80. The molecule has 1 atom stereocenters. The summed E-state index contributed by atoms with van der Waals surface area (Å²) in [6, 6.07) is 22.7. The van der Waals surface area contributed by atoms with Crippen LogP contribution >= 0.6 is 0 Å². The van der Waals surface area contributed by atoms with E-state index in [1.54, 1.807) is 17.0 Å². The highest BCUT2D eigenvalue weighted by Crippen LogP contribution is 2.36. The van der Waals surface area contributed by atoms with E-state index in [2.05, 4.69) is 11.8 Å². The standard InChI is InChI=1S/C22H14FNO/c23-17-13-10-16(11-14-17)12-15-21-19-8-4-5-9-20(19)22(25)24(21)18-6-2-1-3-7-18/h1-11,13-14,21H/t21-/m0/s1. The number of amides is 1. The van der Waals surface area contributed by atoms with Gasteiger partial charge in [0.05, 0.1) is 0 Å². The summed E-state index contributed by atoms with van der Waals surface area (Å²) in [4.78, 5) is 14.6. The minimum atomic E-state index is -0.365. The molecule has 0 aliphatic carbocycles. The summed E-state index contributed by atoms with van der Waals surface area (Å²) < 4.78 is 13.1. The van der Waals surface area contributed by atoms with E-state index in [-0.39, 0.29) is 17.8 Å². The Morgan fingerprint density at radius 2 is 1.52 bits per heavy atom. The molecule has 0 saturated carbocycles. The molecule has 1 amide bonds. The van der Waals surface area contributed by atoms with Crippen LogP contribution in [0.15, 0.2) is 78.9 Å². The minimum absolute atomic E-state index is 0.0554. The van der Waals surface area contributed by atoms with E-state index in [9.17, 15) is 9.18 Å². The number of halogens is 1.